The number of alkyl halides is 3. The Hall–Kier alpha value is -1.58. The summed E-state index contributed by atoms with van der Waals surface area (Å²) in [6.07, 6.45) is 3.68. The van der Waals surface area contributed by atoms with E-state index in [9.17, 15) is 21.6 Å². The topological polar surface area (TPSA) is 75.6 Å². The minimum atomic E-state index is -4.63. The third-order valence-electron chi connectivity index (χ3n) is 9.09. The van der Waals surface area contributed by atoms with Crippen molar-refractivity contribution in [3.8, 4) is 0 Å². The van der Waals surface area contributed by atoms with Gasteiger partial charge in [0.2, 0.25) is 0 Å². The van der Waals surface area contributed by atoms with E-state index in [2.05, 4.69) is 30.4 Å². The first-order valence-electron chi connectivity index (χ1n) is 13.1. The predicted octanol–water partition coefficient (Wildman–Crippen LogP) is 6.65. The van der Waals surface area contributed by atoms with Gasteiger partial charge in [0.25, 0.3) is 0 Å². The standard InChI is InChI=1S/C27H38F3NO4S/c1-3-26-16-12-19-18-20(10-11-21(19)22(26)13-15-25(2)14-7-8-23(25)26)31-36(33,34)35-17-6-4-5-9-24(32)27(28,29)30/h3,10-11,18,22-24,31-32H,1,4-9,12-17H2,2H3/t22-,23-,24?,25+,26-/m1/s1. The number of aryl methyl sites for hydroxylation is 1. The molecule has 0 spiro atoms. The quantitative estimate of drug-likeness (QED) is 0.263. The monoisotopic (exact) mass is 529 g/mol. The van der Waals surface area contributed by atoms with Crippen LogP contribution in [0.5, 0.6) is 0 Å². The zero-order valence-electron chi connectivity index (χ0n) is 20.9. The van der Waals surface area contributed by atoms with Crippen molar-refractivity contribution < 1.29 is 30.9 Å². The molecule has 2 saturated carbocycles. The SMILES string of the molecule is C=C[C@@]12CCc3cc(NS(=O)(=O)OCCCCCC(O)C(F)(F)F)ccc3[C@H]1CC[C@]1(C)CCC[C@H]12. The Balaban J connectivity index is 1.34. The van der Waals surface area contributed by atoms with Crippen LogP contribution in [0.15, 0.2) is 30.9 Å². The number of aliphatic hydroxyl groups excluding tert-OH is 1. The molecule has 1 unspecified atom stereocenters. The Morgan fingerprint density at radius 3 is 2.72 bits per heavy atom. The van der Waals surface area contributed by atoms with Gasteiger partial charge in [-0.1, -0.05) is 38.3 Å². The van der Waals surface area contributed by atoms with Crippen LogP contribution in [0, 0.1) is 16.7 Å². The molecular weight excluding hydrogens is 491 g/mol. The van der Waals surface area contributed by atoms with E-state index in [4.69, 9.17) is 9.29 Å². The number of unbranched alkanes of at least 4 members (excludes halogenated alkanes) is 2. The molecule has 5 nitrogen and oxygen atoms in total. The summed E-state index contributed by atoms with van der Waals surface area (Å²) in [5.41, 5.74) is 3.43. The maximum absolute atomic E-state index is 12.4. The molecule has 0 radical (unpaired) electrons. The van der Waals surface area contributed by atoms with Crippen LogP contribution in [0.4, 0.5) is 18.9 Å². The Morgan fingerprint density at radius 2 is 2.00 bits per heavy atom. The number of halogens is 3. The van der Waals surface area contributed by atoms with Crippen molar-refractivity contribution in [1.29, 1.82) is 0 Å². The minimum Gasteiger partial charge on any atom is -0.384 e. The molecule has 0 heterocycles. The van der Waals surface area contributed by atoms with E-state index < -0.39 is 29.0 Å². The summed E-state index contributed by atoms with van der Waals surface area (Å²) < 4.78 is 69.2. The van der Waals surface area contributed by atoms with Gasteiger partial charge < -0.3 is 5.11 Å². The van der Waals surface area contributed by atoms with Crippen LogP contribution in [0.3, 0.4) is 0 Å². The maximum Gasteiger partial charge on any atom is 0.414 e. The third-order valence-corrected chi connectivity index (χ3v) is 10.1. The summed E-state index contributed by atoms with van der Waals surface area (Å²) in [6.45, 7) is 6.60. The van der Waals surface area contributed by atoms with E-state index in [-0.39, 0.29) is 24.9 Å². The van der Waals surface area contributed by atoms with Crippen molar-refractivity contribution in [3.05, 3.63) is 42.0 Å². The summed E-state index contributed by atoms with van der Waals surface area (Å²) in [4.78, 5) is 0. The molecule has 1 aromatic carbocycles. The van der Waals surface area contributed by atoms with E-state index in [1.54, 1.807) is 6.07 Å². The molecule has 3 aliphatic carbocycles. The van der Waals surface area contributed by atoms with Crippen LogP contribution < -0.4 is 4.72 Å². The molecule has 0 amide bonds. The summed E-state index contributed by atoms with van der Waals surface area (Å²) in [5.74, 6) is 1.06. The first-order valence-corrected chi connectivity index (χ1v) is 14.5. The van der Waals surface area contributed by atoms with Gasteiger partial charge in [0.1, 0.15) is 6.10 Å². The van der Waals surface area contributed by atoms with E-state index in [1.807, 2.05) is 6.07 Å². The molecule has 3 aliphatic rings. The molecule has 0 aliphatic heterocycles. The van der Waals surface area contributed by atoms with Crippen molar-refractivity contribution in [2.75, 3.05) is 11.3 Å². The van der Waals surface area contributed by atoms with Gasteiger partial charge in [-0.15, -0.1) is 6.58 Å². The number of nitrogens with one attached hydrogen (secondary N) is 1. The zero-order chi connectivity index (χ0) is 26.2. The lowest BCUT2D eigenvalue weighted by molar-refractivity contribution is -0.205. The number of hydrogen-bond acceptors (Lipinski definition) is 4. The number of allylic oxidation sites excluding steroid dienone is 1. The second-order valence-electron chi connectivity index (χ2n) is 11.2. The number of hydrogen-bond donors (Lipinski definition) is 2. The van der Waals surface area contributed by atoms with E-state index >= 15 is 0 Å². The second-order valence-corrected chi connectivity index (χ2v) is 12.6. The van der Waals surface area contributed by atoms with Gasteiger partial charge in [0, 0.05) is 0 Å². The van der Waals surface area contributed by atoms with Crippen molar-refractivity contribution in [3.63, 3.8) is 0 Å². The summed E-state index contributed by atoms with van der Waals surface area (Å²) in [7, 11) is -4.04. The highest BCUT2D eigenvalue weighted by molar-refractivity contribution is 7.88. The normalized spacial score (nSPS) is 30.7. The molecule has 5 atom stereocenters. The summed E-state index contributed by atoms with van der Waals surface area (Å²) in [5, 5.41) is 9.00. The van der Waals surface area contributed by atoms with E-state index in [0.29, 0.717) is 29.4 Å². The smallest absolute Gasteiger partial charge is 0.384 e. The molecule has 2 fully saturated rings. The first kappa shape index (κ1) is 27.5. The lowest BCUT2D eigenvalue weighted by atomic mass is 9.47. The number of rotatable bonds is 10. The van der Waals surface area contributed by atoms with Gasteiger partial charge in [-0.3, -0.25) is 8.91 Å². The largest absolute Gasteiger partial charge is 0.414 e. The van der Waals surface area contributed by atoms with Gasteiger partial charge >= 0.3 is 16.5 Å². The van der Waals surface area contributed by atoms with Crippen molar-refractivity contribution in [2.24, 2.45) is 16.7 Å². The first-order chi connectivity index (χ1) is 16.9. The molecule has 36 heavy (non-hydrogen) atoms. The number of aliphatic hydroxyl groups is 1. The molecule has 4 rings (SSSR count). The maximum atomic E-state index is 12.4. The molecule has 1 aromatic rings. The third kappa shape index (κ3) is 5.48. The Bertz CT molecular complexity index is 1060. The molecule has 0 saturated heterocycles. The van der Waals surface area contributed by atoms with Crippen LogP contribution >= 0.6 is 0 Å². The fraction of sp³-hybridized carbons (Fsp3) is 0.704. The average Bonchev–Trinajstić information content (AvgIpc) is 3.22. The lowest BCUT2D eigenvalue weighted by Crippen LogP contribution is -2.47. The highest BCUT2D eigenvalue weighted by Gasteiger charge is 2.57. The van der Waals surface area contributed by atoms with Crippen molar-refractivity contribution >= 4 is 16.0 Å². The Morgan fingerprint density at radius 1 is 1.22 bits per heavy atom. The van der Waals surface area contributed by atoms with Gasteiger partial charge in [0.15, 0.2) is 0 Å². The molecular formula is C27H38F3NO4S. The molecule has 0 aromatic heterocycles. The fourth-order valence-electron chi connectivity index (χ4n) is 7.31. The summed E-state index contributed by atoms with van der Waals surface area (Å²) in [6, 6.07) is 5.75. The van der Waals surface area contributed by atoms with Crippen LogP contribution in [0.1, 0.15) is 88.2 Å². The molecule has 9 heteroatoms. The lowest BCUT2D eigenvalue weighted by Gasteiger charge is -2.56. The van der Waals surface area contributed by atoms with E-state index in [0.717, 1.165) is 19.3 Å². The van der Waals surface area contributed by atoms with Crippen LogP contribution in [0.2, 0.25) is 0 Å². The average molecular weight is 530 g/mol. The number of fused-ring (bicyclic) bond motifs is 5. The number of anilines is 1. The Labute approximate surface area is 212 Å². The highest BCUT2D eigenvalue weighted by atomic mass is 32.2. The summed E-state index contributed by atoms with van der Waals surface area (Å²) >= 11 is 0. The fourth-order valence-corrected chi connectivity index (χ4v) is 8.13. The molecule has 202 valence electrons. The van der Waals surface area contributed by atoms with Crippen molar-refractivity contribution in [1.82, 2.24) is 0 Å². The second kappa shape index (κ2) is 10.3. The highest BCUT2D eigenvalue weighted by Crippen LogP contribution is 2.67. The van der Waals surface area contributed by atoms with Crippen LogP contribution in [-0.4, -0.2) is 32.4 Å². The van der Waals surface area contributed by atoms with Crippen LogP contribution in [0.25, 0.3) is 0 Å². The molecule has 0 bridgehead atoms. The predicted molar refractivity (Wildman–Crippen MR) is 134 cm³/mol. The van der Waals surface area contributed by atoms with Gasteiger partial charge in [-0.2, -0.15) is 21.6 Å². The Kier molecular flexibility index (Phi) is 7.85. The van der Waals surface area contributed by atoms with Crippen molar-refractivity contribution in [2.45, 2.75) is 95.8 Å². The van der Waals surface area contributed by atoms with Gasteiger partial charge in [0.05, 0.1) is 12.3 Å². The minimum absolute atomic E-state index is 0.108. The van der Waals surface area contributed by atoms with Gasteiger partial charge in [-0.25, -0.2) is 0 Å². The van der Waals surface area contributed by atoms with E-state index in [1.165, 1.54) is 36.8 Å². The number of benzene rings is 1. The van der Waals surface area contributed by atoms with Crippen LogP contribution in [-0.2, 0) is 20.9 Å². The van der Waals surface area contributed by atoms with Gasteiger partial charge in [-0.05, 0) is 97.3 Å². The molecule has 2 N–H and O–H groups in total. The zero-order valence-corrected chi connectivity index (χ0v) is 21.8.